The zero-order chi connectivity index (χ0) is 21.0. The smallest absolute Gasteiger partial charge is 0.167 e. The Bertz CT molecular complexity index is 1320. The first-order valence-electron chi connectivity index (χ1n) is 9.95. The predicted octanol–water partition coefficient (Wildman–Crippen LogP) is 4.50. The summed E-state index contributed by atoms with van der Waals surface area (Å²) in [6.45, 7) is 0.207. The van der Waals surface area contributed by atoms with Crippen LogP contribution in [0.2, 0.25) is 0 Å². The van der Waals surface area contributed by atoms with Gasteiger partial charge >= 0.3 is 0 Å². The zero-order valence-corrected chi connectivity index (χ0v) is 17.4. The molecule has 0 radical (unpaired) electrons. The van der Waals surface area contributed by atoms with Crippen molar-refractivity contribution in [1.29, 1.82) is 0 Å². The topological polar surface area (TPSA) is 73.1 Å². The number of hydrogen-bond acceptors (Lipinski definition) is 6. The van der Waals surface area contributed by atoms with Crippen LogP contribution >= 0.6 is 11.8 Å². The molecular formula is C24H20N4O2S. The average Bonchev–Trinajstić information content (AvgIpc) is 3.27. The van der Waals surface area contributed by atoms with E-state index < -0.39 is 6.10 Å². The molecule has 31 heavy (non-hydrogen) atoms. The van der Waals surface area contributed by atoms with Crippen molar-refractivity contribution in [2.75, 3.05) is 12.4 Å². The summed E-state index contributed by atoms with van der Waals surface area (Å²) in [7, 11) is 0. The highest BCUT2D eigenvalue weighted by Gasteiger charge is 2.14. The molecule has 1 unspecified atom stereocenters. The Labute approximate surface area is 183 Å². The largest absolute Gasteiger partial charge is 0.490 e. The van der Waals surface area contributed by atoms with Crippen molar-refractivity contribution in [1.82, 2.24) is 19.7 Å². The zero-order valence-electron chi connectivity index (χ0n) is 16.6. The molecule has 1 atom stereocenters. The van der Waals surface area contributed by atoms with Gasteiger partial charge in [-0.25, -0.2) is 14.6 Å². The number of fused-ring (bicyclic) bond motifs is 2. The van der Waals surface area contributed by atoms with E-state index >= 15 is 0 Å². The summed E-state index contributed by atoms with van der Waals surface area (Å²) < 4.78 is 7.70. The summed E-state index contributed by atoms with van der Waals surface area (Å²) in [6.07, 6.45) is 2.66. The van der Waals surface area contributed by atoms with E-state index in [0.717, 1.165) is 38.3 Å². The molecule has 2 heterocycles. The van der Waals surface area contributed by atoms with Crippen LogP contribution < -0.4 is 4.74 Å². The number of thioether (sulfide) groups is 1. The van der Waals surface area contributed by atoms with E-state index in [-0.39, 0.29) is 6.61 Å². The number of nitrogens with zero attached hydrogens (tertiary/aromatic N) is 4. The average molecular weight is 429 g/mol. The summed E-state index contributed by atoms with van der Waals surface area (Å²) in [5.41, 5.74) is 1.68. The quantitative estimate of drug-likeness (QED) is 0.304. The molecule has 0 aliphatic rings. The molecule has 0 aliphatic heterocycles. The van der Waals surface area contributed by atoms with Crippen LogP contribution in [0.5, 0.6) is 5.75 Å². The van der Waals surface area contributed by atoms with Crippen molar-refractivity contribution < 1.29 is 9.84 Å². The number of aliphatic hydroxyl groups excluding tert-OH is 1. The lowest BCUT2D eigenvalue weighted by Gasteiger charge is -2.13. The van der Waals surface area contributed by atoms with Crippen LogP contribution in [-0.4, -0.2) is 43.3 Å². The molecule has 0 amide bonds. The van der Waals surface area contributed by atoms with Gasteiger partial charge in [-0.2, -0.15) is 5.10 Å². The minimum absolute atomic E-state index is 0.207. The molecule has 0 bridgehead atoms. The second kappa shape index (κ2) is 8.75. The predicted molar refractivity (Wildman–Crippen MR) is 123 cm³/mol. The van der Waals surface area contributed by atoms with Crippen LogP contribution in [-0.2, 0) is 0 Å². The molecule has 0 fully saturated rings. The fourth-order valence-corrected chi connectivity index (χ4v) is 4.29. The van der Waals surface area contributed by atoms with Gasteiger partial charge in [-0.05, 0) is 23.6 Å². The van der Waals surface area contributed by atoms with E-state index in [2.05, 4.69) is 15.1 Å². The molecule has 6 nitrogen and oxygen atoms in total. The molecule has 3 aromatic carbocycles. The fourth-order valence-electron chi connectivity index (χ4n) is 3.43. The van der Waals surface area contributed by atoms with Gasteiger partial charge in [-0.3, -0.25) is 0 Å². The van der Waals surface area contributed by atoms with Gasteiger partial charge in [-0.1, -0.05) is 54.6 Å². The number of ether oxygens (including phenoxy) is 1. The lowest BCUT2D eigenvalue weighted by molar-refractivity contribution is 0.127. The molecule has 2 aromatic heterocycles. The molecule has 7 heteroatoms. The Morgan fingerprint density at radius 1 is 0.903 bits per heavy atom. The van der Waals surface area contributed by atoms with Crippen molar-refractivity contribution in [2.24, 2.45) is 0 Å². The highest BCUT2D eigenvalue weighted by atomic mass is 32.2. The minimum Gasteiger partial charge on any atom is -0.490 e. The lowest BCUT2D eigenvalue weighted by atomic mass is 10.1. The normalized spacial score (nSPS) is 12.3. The van der Waals surface area contributed by atoms with Gasteiger partial charge in [-0.15, -0.1) is 11.8 Å². The van der Waals surface area contributed by atoms with Gasteiger partial charge in [0.05, 0.1) is 23.4 Å². The Morgan fingerprint density at radius 2 is 1.71 bits per heavy atom. The second-order valence-corrected chi connectivity index (χ2v) is 8.07. The molecule has 5 rings (SSSR count). The number of para-hydroxylation sites is 1. The third-order valence-corrected chi connectivity index (χ3v) is 6.07. The Morgan fingerprint density at radius 3 is 2.61 bits per heavy atom. The van der Waals surface area contributed by atoms with E-state index in [0.29, 0.717) is 5.75 Å². The summed E-state index contributed by atoms with van der Waals surface area (Å²) in [5, 5.41) is 18.8. The van der Waals surface area contributed by atoms with Crippen LogP contribution in [0.15, 0.2) is 90.3 Å². The van der Waals surface area contributed by atoms with Gasteiger partial charge < -0.3 is 9.84 Å². The fraction of sp³-hybridized carbons (Fsp3) is 0.125. The van der Waals surface area contributed by atoms with Gasteiger partial charge in [0.1, 0.15) is 23.7 Å². The summed E-state index contributed by atoms with van der Waals surface area (Å²) in [4.78, 5) is 8.79. The molecule has 154 valence electrons. The molecule has 5 aromatic rings. The van der Waals surface area contributed by atoms with E-state index in [9.17, 15) is 5.11 Å². The van der Waals surface area contributed by atoms with Crippen LogP contribution in [0.4, 0.5) is 0 Å². The molecule has 0 saturated heterocycles. The standard InChI is InChI=1S/C24H20N4O2S/c29-19(14-30-22-12-6-8-17-7-4-5-11-20(17)22)15-31-24-21-13-27-28(23(21)25-16-26-24)18-9-2-1-3-10-18/h1-13,16,19,29H,14-15H2. The first kappa shape index (κ1) is 19.5. The third-order valence-electron chi connectivity index (χ3n) is 4.92. The molecule has 0 aliphatic carbocycles. The molecular weight excluding hydrogens is 408 g/mol. The van der Waals surface area contributed by atoms with Gasteiger partial charge in [0.25, 0.3) is 0 Å². The second-order valence-electron chi connectivity index (χ2n) is 7.06. The SMILES string of the molecule is OC(COc1cccc2ccccc12)CSc1ncnc2c1cnn2-c1ccccc1. The van der Waals surface area contributed by atoms with Crippen LogP contribution in [0.3, 0.4) is 0 Å². The first-order chi connectivity index (χ1) is 15.3. The monoisotopic (exact) mass is 428 g/mol. The Balaban J connectivity index is 1.27. The molecule has 1 N–H and O–H groups in total. The summed E-state index contributed by atoms with van der Waals surface area (Å²) >= 11 is 1.47. The van der Waals surface area contributed by atoms with Gasteiger partial charge in [0.2, 0.25) is 0 Å². The summed E-state index contributed by atoms with van der Waals surface area (Å²) in [5.74, 6) is 1.23. The summed E-state index contributed by atoms with van der Waals surface area (Å²) in [6, 6.07) is 23.8. The molecule has 0 saturated carbocycles. The van der Waals surface area contributed by atoms with Crippen LogP contribution in [0.25, 0.3) is 27.5 Å². The number of benzene rings is 3. The van der Waals surface area contributed by atoms with E-state index in [1.54, 1.807) is 10.9 Å². The first-order valence-corrected chi connectivity index (χ1v) is 10.9. The Hall–Kier alpha value is -3.42. The highest BCUT2D eigenvalue weighted by molar-refractivity contribution is 7.99. The number of hydrogen-bond donors (Lipinski definition) is 1. The van der Waals surface area contributed by atoms with Crippen LogP contribution in [0.1, 0.15) is 0 Å². The number of aliphatic hydroxyl groups is 1. The Kier molecular flexibility index (Phi) is 5.52. The van der Waals surface area contributed by atoms with Crippen LogP contribution in [0, 0.1) is 0 Å². The molecule has 0 spiro atoms. The van der Waals surface area contributed by atoms with Crippen molar-refractivity contribution in [2.45, 2.75) is 11.1 Å². The van der Waals surface area contributed by atoms with Crippen molar-refractivity contribution in [3.63, 3.8) is 0 Å². The minimum atomic E-state index is -0.641. The van der Waals surface area contributed by atoms with Crippen molar-refractivity contribution in [3.8, 4) is 11.4 Å². The van der Waals surface area contributed by atoms with Gasteiger partial charge in [0.15, 0.2) is 5.65 Å². The van der Waals surface area contributed by atoms with E-state index in [1.165, 1.54) is 18.1 Å². The van der Waals surface area contributed by atoms with E-state index in [4.69, 9.17) is 4.74 Å². The van der Waals surface area contributed by atoms with Crippen molar-refractivity contribution >= 4 is 33.6 Å². The number of aromatic nitrogens is 4. The highest BCUT2D eigenvalue weighted by Crippen LogP contribution is 2.28. The third kappa shape index (κ3) is 4.10. The lowest BCUT2D eigenvalue weighted by Crippen LogP contribution is -2.20. The number of rotatable bonds is 7. The maximum atomic E-state index is 10.5. The van der Waals surface area contributed by atoms with E-state index in [1.807, 2.05) is 72.8 Å². The van der Waals surface area contributed by atoms with Crippen molar-refractivity contribution in [3.05, 3.63) is 85.3 Å². The van der Waals surface area contributed by atoms with Gasteiger partial charge in [0, 0.05) is 11.1 Å². The maximum absolute atomic E-state index is 10.5. The maximum Gasteiger partial charge on any atom is 0.167 e.